The Morgan fingerprint density at radius 1 is 1.26 bits per heavy atom. The molecule has 0 spiro atoms. The van der Waals surface area contributed by atoms with E-state index in [4.69, 9.17) is 9.47 Å². The number of carbonyl (C=O) groups is 1. The minimum Gasteiger partial charge on any atom is -0.497 e. The average Bonchev–Trinajstić information content (AvgIpc) is 2.87. The highest BCUT2D eigenvalue weighted by atomic mass is 19.1. The van der Waals surface area contributed by atoms with E-state index in [0.717, 1.165) is 12.8 Å². The summed E-state index contributed by atoms with van der Waals surface area (Å²) < 4.78 is 24.5. The van der Waals surface area contributed by atoms with Crippen molar-refractivity contribution in [3.63, 3.8) is 0 Å². The molecule has 4 nitrogen and oxygen atoms in total. The van der Waals surface area contributed by atoms with Crippen molar-refractivity contribution in [2.24, 2.45) is 0 Å². The number of hydrogen-bond acceptors (Lipinski definition) is 3. The van der Waals surface area contributed by atoms with E-state index in [1.54, 1.807) is 0 Å². The third-order valence-corrected chi connectivity index (χ3v) is 3.83. The van der Waals surface area contributed by atoms with E-state index < -0.39 is 17.2 Å². The zero-order valence-electron chi connectivity index (χ0n) is 11.0. The lowest BCUT2D eigenvalue weighted by atomic mass is 9.78. The molecule has 5 heteroatoms. The standard InChI is InChI=1S/C14H17FO4/c1-18-9-7-10(15)12(11(8-9)19-2)14(13(16)17)5-3-4-6-14/h7-8H,3-6H2,1-2H3,(H,16,17). The second-order valence-corrected chi connectivity index (χ2v) is 4.78. The first kappa shape index (κ1) is 13.6. The second kappa shape index (κ2) is 5.07. The van der Waals surface area contributed by atoms with Crippen molar-refractivity contribution < 1.29 is 23.8 Å². The fraction of sp³-hybridized carbons (Fsp3) is 0.500. The Labute approximate surface area is 111 Å². The van der Waals surface area contributed by atoms with Crippen LogP contribution in [-0.4, -0.2) is 25.3 Å². The average molecular weight is 268 g/mol. The zero-order valence-corrected chi connectivity index (χ0v) is 11.0. The lowest BCUT2D eigenvalue weighted by Gasteiger charge is -2.27. The van der Waals surface area contributed by atoms with Gasteiger partial charge >= 0.3 is 5.97 Å². The molecule has 1 aromatic rings. The summed E-state index contributed by atoms with van der Waals surface area (Å²) >= 11 is 0. The van der Waals surface area contributed by atoms with Crippen molar-refractivity contribution in [3.05, 3.63) is 23.5 Å². The van der Waals surface area contributed by atoms with Crippen LogP contribution >= 0.6 is 0 Å². The van der Waals surface area contributed by atoms with Gasteiger partial charge in [-0.2, -0.15) is 0 Å². The summed E-state index contributed by atoms with van der Waals surface area (Å²) in [6.07, 6.45) is 2.42. The smallest absolute Gasteiger partial charge is 0.314 e. The molecule has 1 aromatic carbocycles. The molecule has 0 atom stereocenters. The number of carboxylic acids is 1. The topological polar surface area (TPSA) is 55.8 Å². The van der Waals surface area contributed by atoms with E-state index in [0.29, 0.717) is 18.6 Å². The molecule has 2 rings (SSSR count). The van der Waals surface area contributed by atoms with Crippen LogP contribution in [0.5, 0.6) is 11.5 Å². The van der Waals surface area contributed by atoms with Crippen LogP contribution in [0.25, 0.3) is 0 Å². The Hall–Kier alpha value is -1.78. The van der Waals surface area contributed by atoms with E-state index >= 15 is 0 Å². The van der Waals surface area contributed by atoms with Gasteiger partial charge in [0.15, 0.2) is 0 Å². The lowest BCUT2D eigenvalue weighted by molar-refractivity contribution is -0.143. The first-order valence-electron chi connectivity index (χ1n) is 6.20. The van der Waals surface area contributed by atoms with Gasteiger partial charge in [-0.25, -0.2) is 4.39 Å². The van der Waals surface area contributed by atoms with Crippen LogP contribution in [0.2, 0.25) is 0 Å². The van der Waals surface area contributed by atoms with Gasteiger partial charge in [-0.05, 0) is 12.8 Å². The normalized spacial score (nSPS) is 17.2. The van der Waals surface area contributed by atoms with Crippen LogP contribution in [0.3, 0.4) is 0 Å². The molecule has 0 unspecified atom stereocenters. The highest BCUT2D eigenvalue weighted by Crippen LogP contribution is 2.47. The Morgan fingerprint density at radius 2 is 1.89 bits per heavy atom. The molecule has 1 aliphatic carbocycles. The largest absolute Gasteiger partial charge is 0.497 e. The van der Waals surface area contributed by atoms with Crippen LogP contribution in [0.4, 0.5) is 4.39 Å². The van der Waals surface area contributed by atoms with Crippen molar-refractivity contribution >= 4 is 5.97 Å². The van der Waals surface area contributed by atoms with Gasteiger partial charge in [0.05, 0.1) is 19.6 Å². The quantitative estimate of drug-likeness (QED) is 0.912. The van der Waals surface area contributed by atoms with Gasteiger partial charge in [-0.3, -0.25) is 4.79 Å². The first-order chi connectivity index (χ1) is 9.05. The third-order valence-electron chi connectivity index (χ3n) is 3.83. The van der Waals surface area contributed by atoms with Crippen LogP contribution in [-0.2, 0) is 10.2 Å². The van der Waals surface area contributed by atoms with Crippen LogP contribution < -0.4 is 9.47 Å². The fourth-order valence-electron chi connectivity index (χ4n) is 2.85. The number of rotatable bonds is 4. The molecule has 0 radical (unpaired) electrons. The number of halogens is 1. The van der Waals surface area contributed by atoms with E-state index in [2.05, 4.69) is 0 Å². The van der Waals surface area contributed by atoms with Crippen LogP contribution in [0.1, 0.15) is 31.2 Å². The molecule has 0 aliphatic heterocycles. The molecule has 104 valence electrons. The van der Waals surface area contributed by atoms with E-state index in [1.807, 2.05) is 0 Å². The van der Waals surface area contributed by atoms with Gasteiger partial charge < -0.3 is 14.6 Å². The fourth-order valence-corrected chi connectivity index (χ4v) is 2.85. The van der Waals surface area contributed by atoms with Crippen molar-refractivity contribution in [1.82, 2.24) is 0 Å². The molecule has 19 heavy (non-hydrogen) atoms. The molecule has 1 N–H and O–H groups in total. The second-order valence-electron chi connectivity index (χ2n) is 4.78. The molecule has 0 amide bonds. The molecule has 0 bridgehead atoms. The molecule has 0 saturated heterocycles. The molecule has 0 heterocycles. The summed E-state index contributed by atoms with van der Waals surface area (Å²) in [5, 5.41) is 9.53. The van der Waals surface area contributed by atoms with E-state index in [9.17, 15) is 14.3 Å². The van der Waals surface area contributed by atoms with Gasteiger partial charge in [0.2, 0.25) is 0 Å². The number of carboxylic acid groups (broad SMARTS) is 1. The van der Waals surface area contributed by atoms with Crippen LogP contribution in [0.15, 0.2) is 12.1 Å². The van der Waals surface area contributed by atoms with Gasteiger partial charge in [0.25, 0.3) is 0 Å². The van der Waals surface area contributed by atoms with Crippen molar-refractivity contribution in [2.75, 3.05) is 14.2 Å². The Morgan fingerprint density at radius 3 is 2.37 bits per heavy atom. The highest BCUT2D eigenvalue weighted by molar-refractivity contribution is 5.83. The van der Waals surface area contributed by atoms with Crippen molar-refractivity contribution in [1.29, 1.82) is 0 Å². The Kier molecular flexibility index (Phi) is 3.64. The molecule has 0 aromatic heterocycles. The minimum absolute atomic E-state index is 0.140. The highest BCUT2D eigenvalue weighted by Gasteiger charge is 2.46. The van der Waals surface area contributed by atoms with Crippen molar-refractivity contribution in [2.45, 2.75) is 31.1 Å². The maximum atomic E-state index is 14.3. The van der Waals surface area contributed by atoms with Gasteiger partial charge in [-0.1, -0.05) is 12.8 Å². The molecule has 1 saturated carbocycles. The number of aliphatic carboxylic acids is 1. The maximum Gasteiger partial charge on any atom is 0.314 e. The van der Waals surface area contributed by atoms with Crippen LogP contribution in [0, 0.1) is 5.82 Å². The van der Waals surface area contributed by atoms with Crippen molar-refractivity contribution in [3.8, 4) is 11.5 Å². The minimum atomic E-state index is -1.18. The van der Waals surface area contributed by atoms with E-state index in [1.165, 1.54) is 26.4 Å². The Bertz CT molecular complexity index is 492. The lowest BCUT2D eigenvalue weighted by Crippen LogP contribution is -2.34. The number of benzene rings is 1. The monoisotopic (exact) mass is 268 g/mol. The van der Waals surface area contributed by atoms with Gasteiger partial charge in [0, 0.05) is 17.7 Å². The third kappa shape index (κ3) is 2.13. The van der Waals surface area contributed by atoms with E-state index in [-0.39, 0.29) is 11.3 Å². The summed E-state index contributed by atoms with van der Waals surface area (Å²) in [6, 6.07) is 2.74. The molecule has 1 fully saturated rings. The summed E-state index contributed by atoms with van der Waals surface area (Å²) in [6.45, 7) is 0. The summed E-state index contributed by atoms with van der Waals surface area (Å²) in [5.41, 5.74) is -1.04. The number of methoxy groups -OCH3 is 2. The molecule has 1 aliphatic rings. The SMILES string of the molecule is COc1cc(F)c(C2(C(=O)O)CCCC2)c(OC)c1. The van der Waals surface area contributed by atoms with Gasteiger partial charge in [0.1, 0.15) is 17.3 Å². The number of ether oxygens (including phenoxy) is 2. The molecular formula is C14H17FO4. The summed E-state index contributed by atoms with van der Waals surface area (Å²) in [7, 11) is 2.83. The summed E-state index contributed by atoms with van der Waals surface area (Å²) in [5.74, 6) is -1.02. The zero-order chi connectivity index (χ0) is 14.0. The predicted octanol–water partition coefficient (Wildman–Crippen LogP) is 2.74. The maximum absolute atomic E-state index is 14.3. The predicted molar refractivity (Wildman–Crippen MR) is 67.3 cm³/mol. The molecular weight excluding hydrogens is 251 g/mol. The first-order valence-corrected chi connectivity index (χ1v) is 6.20. The Balaban J connectivity index is 2.63. The number of hydrogen-bond donors (Lipinski definition) is 1. The van der Waals surface area contributed by atoms with Gasteiger partial charge in [-0.15, -0.1) is 0 Å². The summed E-state index contributed by atoms with van der Waals surface area (Å²) in [4.78, 5) is 11.6.